The van der Waals surface area contributed by atoms with Crippen molar-refractivity contribution in [2.45, 2.75) is 18.5 Å². The number of halogens is 3. The van der Waals surface area contributed by atoms with Crippen molar-refractivity contribution < 1.29 is 18.0 Å². The maximum atomic E-state index is 12.1. The standard InChI is InChI=1S/C9H15F3N2OS/c1-7(16-2)13-3-5-14(6-4-13)8(15)9(10,11)12/h7H,3-6H2,1-2H3. The molecule has 16 heavy (non-hydrogen) atoms. The van der Waals surface area contributed by atoms with Crippen LogP contribution in [0.25, 0.3) is 0 Å². The lowest BCUT2D eigenvalue weighted by Gasteiger charge is -2.37. The van der Waals surface area contributed by atoms with E-state index in [1.165, 1.54) is 0 Å². The summed E-state index contributed by atoms with van der Waals surface area (Å²) in [4.78, 5) is 13.9. The average Bonchev–Trinajstić information content (AvgIpc) is 2.26. The van der Waals surface area contributed by atoms with E-state index < -0.39 is 12.1 Å². The Labute approximate surface area is 97.0 Å². The lowest BCUT2D eigenvalue weighted by Crippen LogP contribution is -2.53. The normalized spacial score (nSPS) is 20.9. The molecular weight excluding hydrogens is 241 g/mol. The molecule has 0 aromatic carbocycles. The van der Waals surface area contributed by atoms with Crippen LogP contribution < -0.4 is 0 Å². The number of carbonyl (C=O) groups excluding carboxylic acids is 1. The molecule has 0 aliphatic carbocycles. The van der Waals surface area contributed by atoms with Gasteiger partial charge in [0.25, 0.3) is 0 Å². The van der Waals surface area contributed by atoms with E-state index in [2.05, 4.69) is 4.90 Å². The Morgan fingerprint density at radius 1 is 1.25 bits per heavy atom. The third-order valence-electron chi connectivity index (χ3n) is 2.70. The van der Waals surface area contributed by atoms with Gasteiger partial charge < -0.3 is 4.90 Å². The summed E-state index contributed by atoms with van der Waals surface area (Å²) in [7, 11) is 0. The Balaban J connectivity index is 2.46. The molecule has 0 bridgehead atoms. The molecule has 1 rings (SSSR count). The van der Waals surface area contributed by atoms with Gasteiger partial charge in [0.1, 0.15) is 0 Å². The number of hydrogen-bond acceptors (Lipinski definition) is 3. The van der Waals surface area contributed by atoms with Crippen molar-refractivity contribution in [2.24, 2.45) is 0 Å². The van der Waals surface area contributed by atoms with Gasteiger partial charge in [0, 0.05) is 26.2 Å². The molecule has 0 spiro atoms. The fourth-order valence-electron chi connectivity index (χ4n) is 1.62. The van der Waals surface area contributed by atoms with Gasteiger partial charge in [-0.3, -0.25) is 9.69 Å². The van der Waals surface area contributed by atoms with Crippen molar-refractivity contribution in [1.82, 2.24) is 9.80 Å². The first-order chi connectivity index (χ1) is 7.36. The first-order valence-electron chi connectivity index (χ1n) is 4.99. The minimum atomic E-state index is -4.74. The lowest BCUT2D eigenvalue weighted by molar-refractivity contribution is -0.187. The van der Waals surface area contributed by atoms with E-state index in [1.54, 1.807) is 11.8 Å². The van der Waals surface area contributed by atoms with Crippen molar-refractivity contribution >= 4 is 17.7 Å². The summed E-state index contributed by atoms with van der Waals surface area (Å²) in [5.41, 5.74) is 0. The summed E-state index contributed by atoms with van der Waals surface area (Å²) in [6.07, 6.45) is -2.79. The van der Waals surface area contributed by atoms with Crippen LogP contribution in [0.1, 0.15) is 6.92 Å². The van der Waals surface area contributed by atoms with Gasteiger partial charge in [0.2, 0.25) is 0 Å². The average molecular weight is 256 g/mol. The molecule has 0 radical (unpaired) electrons. The minimum absolute atomic E-state index is 0.156. The zero-order valence-corrected chi connectivity index (χ0v) is 10.1. The molecule has 0 saturated carbocycles. The summed E-state index contributed by atoms with van der Waals surface area (Å²) in [6, 6.07) is 0. The van der Waals surface area contributed by atoms with Crippen LogP contribution >= 0.6 is 11.8 Å². The highest BCUT2D eigenvalue weighted by Gasteiger charge is 2.43. The molecule has 1 fully saturated rings. The lowest BCUT2D eigenvalue weighted by atomic mass is 10.3. The topological polar surface area (TPSA) is 23.6 Å². The number of amides is 1. The Morgan fingerprint density at radius 3 is 2.12 bits per heavy atom. The summed E-state index contributed by atoms with van der Waals surface area (Å²) < 4.78 is 36.4. The molecule has 1 atom stereocenters. The number of carbonyl (C=O) groups is 1. The van der Waals surface area contributed by atoms with Gasteiger partial charge in [0.05, 0.1) is 5.37 Å². The van der Waals surface area contributed by atoms with Crippen molar-refractivity contribution in [3.63, 3.8) is 0 Å². The number of piperazine rings is 1. The van der Waals surface area contributed by atoms with Crippen LogP contribution in [0.3, 0.4) is 0 Å². The van der Waals surface area contributed by atoms with E-state index >= 15 is 0 Å². The fraction of sp³-hybridized carbons (Fsp3) is 0.889. The second-order valence-corrected chi connectivity index (χ2v) is 4.81. The monoisotopic (exact) mass is 256 g/mol. The number of rotatable bonds is 2. The van der Waals surface area contributed by atoms with Gasteiger partial charge in [-0.1, -0.05) is 0 Å². The van der Waals surface area contributed by atoms with E-state index in [0.29, 0.717) is 13.1 Å². The predicted octanol–water partition coefficient (Wildman–Crippen LogP) is 1.40. The first kappa shape index (κ1) is 13.6. The quantitative estimate of drug-likeness (QED) is 0.746. The molecule has 1 aliphatic rings. The van der Waals surface area contributed by atoms with Gasteiger partial charge in [-0.25, -0.2) is 0 Å². The molecule has 0 aromatic heterocycles. The molecular formula is C9H15F3N2OS. The van der Waals surface area contributed by atoms with Crippen LogP contribution in [-0.2, 0) is 4.79 Å². The van der Waals surface area contributed by atoms with Crippen LogP contribution in [0.4, 0.5) is 13.2 Å². The molecule has 7 heteroatoms. The van der Waals surface area contributed by atoms with Gasteiger partial charge in [-0.2, -0.15) is 13.2 Å². The SMILES string of the molecule is CSC(C)N1CCN(C(=O)C(F)(F)F)CC1. The van der Waals surface area contributed by atoms with E-state index in [4.69, 9.17) is 0 Å². The second kappa shape index (κ2) is 5.27. The fourth-order valence-corrected chi connectivity index (χ4v) is 2.13. The molecule has 1 heterocycles. The predicted molar refractivity (Wildman–Crippen MR) is 57.2 cm³/mol. The molecule has 0 N–H and O–H groups in total. The largest absolute Gasteiger partial charge is 0.471 e. The van der Waals surface area contributed by atoms with Crippen LogP contribution in [0.5, 0.6) is 0 Å². The Kier molecular flexibility index (Phi) is 4.49. The highest BCUT2D eigenvalue weighted by Crippen LogP contribution is 2.21. The summed E-state index contributed by atoms with van der Waals surface area (Å²) in [5, 5.41) is 0.281. The minimum Gasteiger partial charge on any atom is -0.332 e. The smallest absolute Gasteiger partial charge is 0.332 e. The highest BCUT2D eigenvalue weighted by atomic mass is 32.2. The molecule has 0 aromatic rings. The maximum absolute atomic E-state index is 12.1. The Morgan fingerprint density at radius 2 is 1.75 bits per heavy atom. The van der Waals surface area contributed by atoms with Crippen molar-refractivity contribution in [2.75, 3.05) is 32.4 Å². The molecule has 94 valence electrons. The number of thioether (sulfide) groups is 1. The van der Waals surface area contributed by atoms with Crippen molar-refractivity contribution in [1.29, 1.82) is 0 Å². The van der Waals surface area contributed by atoms with E-state index in [9.17, 15) is 18.0 Å². The maximum Gasteiger partial charge on any atom is 0.471 e. The Bertz CT molecular complexity index is 252. The summed E-state index contributed by atoms with van der Waals surface area (Å²) in [5.74, 6) is -1.72. The van der Waals surface area contributed by atoms with E-state index in [-0.39, 0.29) is 18.5 Å². The van der Waals surface area contributed by atoms with Crippen LogP contribution in [0.15, 0.2) is 0 Å². The van der Waals surface area contributed by atoms with E-state index in [0.717, 1.165) is 4.90 Å². The molecule has 1 aliphatic heterocycles. The summed E-state index contributed by atoms with van der Waals surface area (Å²) >= 11 is 1.65. The third-order valence-corrected chi connectivity index (χ3v) is 3.68. The van der Waals surface area contributed by atoms with Gasteiger partial charge in [-0.15, -0.1) is 11.8 Å². The van der Waals surface area contributed by atoms with Crippen LogP contribution in [-0.4, -0.2) is 59.7 Å². The second-order valence-electron chi connectivity index (χ2n) is 3.66. The molecule has 3 nitrogen and oxygen atoms in total. The highest BCUT2D eigenvalue weighted by molar-refractivity contribution is 7.99. The zero-order chi connectivity index (χ0) is 12.3. The van der Waals surface area contributed by atoms with Crippen LogP contribution in [0.2, 0.25) is 0 Å². The van der Waals surface area contributed by atoms with Gasteiger partial charge >= 0.3 is 12.1 Å². The van der Waals surface area contributed by atoms with Gasteiger partial charge in [-0.05, 0) is 13.2 Å². The van der Waals surface area contributed by atoms with E-state index in [1.807, 2.05) is 13.2 Å². The van der Waals surface area contributed by atoms with Crippen molar-refractivity contribution in [3.8, 4) is 0 Å². The number of hydrogen-bond donors (Lipinski definition) is 0. The molecule has 1 amide bonds. The number of alkyl halides is 3. The van der Waals surface area contributed by atoms with Gasteiger partial charge in [0.15, 0.2) is 0 Å². The summed E-state index contributed by atoms with van der Waals surface area (Å²) in [6.45, 7) is 3.33. The van der Waals surface area contributed by atoms with Crippen LogP contribution in [0, 0.1) is 0 Å². The first-order valence-corrected chi connectivity index (χ1v) is 6.28. The molecule has 1 unspecified atom stereocenters. The third kappa shape index (κ3) is 3.28. The Hall–Kier alpha value is -0.430. The van der Waals surface area contributed by atoms with Crippen molar-refractivity contribution in [3.05, 3.63) is 0 Å². The zero-order valence-electron chi connectivity index (χ0n) is 9.25. The molecule has 1 saturated heterocycles. The number of nitrogens with zero attached hydrogens (tertiary/aromatic N) is 2.